The highest BCUT2D eigenvalue weighted by atomic mass is 35.5. The van der Waals surface area contributed by atoms with Gasteiger partial charge in [0.05, 0.1) is 30.9 Å². The summed E-state index contributed by atoms with van der Waals surface area (Å²) in [5, 5.41) is 5.61. The van der Waals surface area contributed by atoms with E-state index in [0.717, 1.165) is 16.5 Å². The number of rotatable bonds is 4. The molecular formula is C20H15ClN4O2. The van der Waals surface area contributed by atoms with E-state index in [1.807, 2.05) is 30.3 Å². The molecule has 0 saturated carbocycles. The van der Waals surface area contributed by atoms with Crippen LogP contribution < -0.4 is 0 Å². The van der Waals surface area contributed by atoms with Gasteiger partial charge in [0.15, 0.2) is 5.82 Å². The molecular weight excluding hydrogens is 364 g/mol. The number of methoxy groups -OCH3 is 1. The maximum absolute atomic E-state index is 12.1. The van der Waals surface area contributed by atoms with Crippen molar-refractivity contribution in [2.45, 2.75) is 6.54 Å². The summed E-state index contributed by atoms with van der Waals surface area (Å²) >= 11 is 6.11. The van der Waals surface area contributed by atoms with Crippen molar-refractivity contribution in [1.29, 1.82) is 0 Å². The fourth-order valence-electron chi connectivity index (χ4n) is 2.93. The normalized spacial score (nSPS) is 10.9. The Morgan fingerprint density at radius 1 is 1.11 bits per heavy atom. The number of carbonyl (C=O) groups is 1. The monoisotopic (exact) mass is 378 g/mol. The number of halogens is 1. The zero-order valence-corrected chi connectivity index (χ0v) is 15.2. The van der Waals surface area contributed by atoms with E-state index in [0.29, 0.717) is 28.5 Å². The molecule has 0 aliphatic carbocycles. The molecule has 4 aromatic rings. The molecule has 0 N–H and O–H groups in total. The lowest BCUT2D eigenvalue weighted by molar-refractivity contribution is 0.0602. The third-order valence-electron chi connectivity index (χ3n) is 4.17. The molecule has 0 aliphatic rings. The Morgan fingerprint density at radius 3 is 2.56 bits per heavy atom. The lowest BCUT2D eigenvalue weighted by Crippen LogP contribution is -2.08. The van der Waals surface area contributed by atoms with Crippen LogP contribution in [0.4, 0.5) is 0 Å². The molecule has 2 heterocycles. The number of esters is 1. The first-order valence-corrected chi connectivity index (χ1v) is 8.63. The molecule has 0 fully saturated rings. The molecule has 0 amide bonds. The van der Waals surface area contributed by atoms with Crippen LogP contribution in [0.15, 0.2) is 61.1 Å². The number of benzene rings is 2. The third kappa shape index (κ3) is 3.39. The van der Waals surface area contributed by atoms with Gasteiger partial charge in [0, 0.05) is 33.9 Å². The number of hydrogen-bond donors (Lipinski definition) is 0. The van der Waals surface area contributed by atoms with Gasteiger partial charge in [-0.3, -0.25) is 4.68 Å². The molecule has 27 heavy (non-hydrogen) atoms. The summed E-state index contributed by atoms with van der Waals surface area (Å²) < 4.78 is 6.60. The van der Waals surface area contributed by atoms with Gasteiger partial charge >= 0.3 is 5.97 Å². The summed E-state index contributed by atoms with van der Waals surface area (Å²) in [6.07, 6.45) is 5.19. The van der Waals surface area contributed by atoms with E-state index in [-0.39, 0.29) is 0 Å². The minimum atomic E-state index is -0.458. The molecule has 7 heteroatoms. The topological polar surface area (TPSA) is 69.9 Å². The minimum Gasteiger partial charge on any atom is -0.465 e. The fourth-order valence-corrected chi connectivity index (χ4v) is 3.15. The Bertz CT molecular complexity index is 1110. The smallest absolute Gasteiger partial charge is 0.340 e. The van der Waals surface area contributed by atoms with Gasteiger partial charge in [0.1, 0.15) is 0 Å². The number of aromatic nitrogens is 4. The van der Waals surface area contributed by atoms with E-state index >= 15 is 0 Å². The molecule has 4 rings (SSSR count). The zero-order valence-electron chi connectivity index (χ0n) is 14.5. The van der Waals surface area contributed by atoms with Crippen molar-refractivity contribution >= 4 is 28.5 Å². The molecule has 2 aromatic carbocycles. The van der Waals surface area contributed by atoms with Crippen molar-refractivity contribution in [3.05, 3.63) is 77.2 Å². The number of hydrogen-bond acceptors (Lipinski definition) is 5. The van der Waals surface area contributed by atoms with Crippen LogP contribution >= 0.6 is 11.6 Å². The Labute approximate surface area is 160 Å². The first kappa shape index (κ1) is 17.2. The van der Waals surface area contributed by atoms with Crippen molar-refractivity contribution in [3.63, 3.8) is 0 Å². The average Bonchev–Trinajstić information content (AvgIpc) is 3.10. The van der Waals surface area contributed by atoms with Gasteiger partial charge in [0.25, 0.3) is 0 Å². The number of carbonyl (C=O) groups excluding carboxylic acids is 1. The van der Waals surface area contributed by atoms with Gasteiger partial charge in [-0.1, -0.05) is 41.9 Å². The van der Waals surface area contributed by atoms with Crippen LogP contribution in [0.3, 0.4) is 0 Å². The van der Waals surface area contributed by atoms with Crippen molar-refractivity contribution < 1.29 is 9.53 Å². The highest BCUT2D eigenvalue weighted by molar-refractivity contribution is 6.32. The first-order valence-electron chi connectivity index (χ1n) is 8.25. The summed E-state index contributed by atoms with van der Waals surface area (Å²) in [5.74, 6) is 0.201. The van der Waals surface area contributed by atoms with E-state index in [9.17, 15) is 4.79 Å². The molecule has 6 nitrogen and oxygen atoms in total. The van der Waals surface area contributed by atoms with Crippen LogP contribution in [0.5, 0.6) is 0 Å². The predicted octanol–water partition coefficient (Wildman–Crippen LogP) is 3.98. The molecule has 0 aliphatic heterocycles. The Hall–Kier alpha value is -3.25. The SMILES string of the molecule is COC(=O)c1cc(Cl)cc2cnn(Cc3cnc(-c4ccccc4)nc3)c12. The van der Waals surface area contributed by atoms with Gasteiger partial charge in [-0.25, -0.2) is 14.8 Å². The second-order valence-corrected chi connectivity index (χ2v) is 6.40. The van der Waals surface area contributed by atoms with Crippen LogP contribution in [-0.2, 0) is 11.3 Å². The Balaban J connectivity index is 1.69. The van der Waals surface area contributed by atoms with E-state index < -0.39 is 5.97 Å². The van der Waals surface area contributed by atoms with Crippen molar-refractivity contribution in [3.8, 4) is 11.4 Å². The van der Waals surface area contributed by atoms with E-state index in [1.165, 1.54) is 7.11 Å². The van der Waals surface area contributed by atoms with Gasteiger partial charge < -0.3 is 4.74 Å². The first-order chi connectivity index (χ1) is 13.2. The zero-order chi connectivity index (χ0) is 18.8. The van der Waals surface area contributed by atoms with Gasteiger partial charge in [0.2, 0.25) is 0 Å². The summed E-state index contributed by atoms with van der Waals surface area (Å²) in [6, 6.07) is 13.1. The maximum atomic E-state index is 12.1. The highest BCUT2D eigenvalue weighted by Crippen LogP contribution is 2.25. The maximum Gasteiger partial charge on any atom is 0.340 e. The summed E-state index contributed by atoms with van der Waals surface area (Å²) in [6.45, 7) is 0.421. The van der Waals surface area contributed by atoms with Crippen molar-refractivity contribution in [2.24, 2.45) is 0 Å². The highest BCUT2D eigenvalue weighted by Gasteiger charge is 2.17. The minimum absolute atomic E-state index is 0.374. The Kier molecular flexibility index (Phi) is 4.56. The quantitative estimate of drug-likeness (QED) is 0.502. The second kappa shape index (κ2) is 7.17. The van der Waals surface area contributed by atoms with Crippen LogP contribution in [-0.4, -0.2) is 32.8 Å². The standard InChI is InChI=1S/C20H15ClN4O2/c1-27-20(26)17-8-16(21)7-15-11-24-25(18(15)17)12-13-9-22-19(23-10-13)14-5-3-2-4-6-14/h2-11H,12H2,1H3. The summed E-state index contributed by atoms with van der Waals surface area (Å²) in [5.41, 5.74) is 2.86. The molecule has 2 aromatic heterocycles. The largest absolute Gasteiger partial charge is 0.465 e. The van der Waals surface area contributed by atoms with Crippen molar-refractivity contribution in [2.75, 3.05) is 7.11 Å². The number of nitrogens with zero attached hydrogens (tertiary/aromatic N) is 4. The predicted molar refractivity (Wildman–Crippen MR) is 103 cm³/mol. The number of ether oxygens (including phenoxy) is 1. The molecule has 0 atom stereocenters. The lowest BCUT2D eigenvalue weighted by Gasteiger charge is -2.08. The van der Waals surface area contributed by atoms with E-state index in [4.69, 9.17) is 16.3 Å². The molecule has 134 valence electrons. The van der Waals surface area contributed by atoms with E-state index in [2.05, 4.69) is 15.1 Å². The van der Waals surface area contributed by atoms with Crippen molar-refractivity contribution in [1.82, 2.24) is 19.7 Å². The van der Waals surface area contributed by atoms with Crippen LogP contribution in [0.1, 0.15) is 15.9 Å². The third-order valence-corrected chi connectivity index (χ3v) is 4.39. The molecule has 0 saturated heterocycles. The summed E-state index contributed by atoms with van der Waals surface area (Å²) in [7, 11) is 1.34. The van der Waals surface area contributed by atoms with Gasteiger partial charge in [-0.05, 0) is 12.1 Å². The fraction of sp³-hybridized carbons (Fsp3) is 0.100. The molecule has 0 unspecified atom stereocenters. The molecule has 0 spiro atoms. The van der Waals surface area contributed by atoms with E-state index in [1.54, 1.807) is 35.4 Å². The average molecular weight is 379 g/mol. The second-order valence-electron chi connectivity index (χ2n) is 5.97. The summed E-state index contributed by atoms with van der Waals surface area (Å²) in [4.78, 5) is 21.0. The lowest BCUT2D eigenvalue weighted by atomic mass is 10.1. The Morgan fingerprint density at radius 2 is 1.85 bits per heavy atom. The molecule has 0 bridgehead atoms. The van der Waals surface area contributed by atoms with Gasteiger partial charge in [-0.2, -0.15) is 5.10 Å². The van der Waals surface area contributed by atoms with Crippen LogP contribution in [0.2, 0.25) is 5.02 Å². The van der Waals surface area contributed by atoms with Crippen LogP contribution in [0.25, 0.3) is 22.3 Å². The number of fused-ring (bicyclic) bond motifs is 1. The van der Waals surface area contributed by atoms with Gasteiger partial charge in [-0.15, -0.1) is 0 Å². The van der Waals surface area contributed by atoms with Crippen LogP contribution in [0, 0.1) is 0 Å². The molecule has 0 radical (unpaired) electrons.